The molecule has 0 aliphatic heterocycles. The Morgan fingerprint density at radius 1 is 0.917 bits per heavy atom. The molecule has 8 heteroatoms. The van der Waals surface area contributed by atoms with Crippen molar-refractivity contribution in [3.63, 3.8) is 0 Å². The van der Waals surface area contributed by atoms with E-state index in [4.69, 9.17) is 4.98 Å². The van der Waals surface area contributed by atoms with Crippen molar-refractivity contribution >= 4 is 50.2 Å². The number of carbonyl (C=O) groups excluding carboxylic acids is 1. The fourth-order valence-corrected chi connectivity index (χ4v) is 5.77. The Morgan fingerprint density at radius 2 is 1.69 bits per heavy atom. The summed E-state index contributed by atoms with van der Waals surface area (Å²) in [7, 11) is 0. The first-order chi connectivity index (χ1) is 17.6. The number of carboxylic acid groups (broad SMARTS) is 1. The lowest BCUT2D eigenvalue weighted by molar-refractivity contribution is 0.0696. The van der Waals surface area contributed by atoms with E-state index in [-0.39, 0.29) is 11.5 Å². The molecule has 2 heterocycles. The Labute approximate surface area is 211 Å². The van der Waals surface area contributed by atoms with Crippen molar-refractivity contribution in [2.75, 3.05) is 5.32 Å². The first-order valence-corrected chi connectivity index (χ1v) is 12.9. The number of thiazole rings is 1. The molecule has 1 fully saturated rings. The molecule has 0 atom stereocenters. The van der Waals surface area contributed by atoms with Crippen molar-refractivity contribution in [1.82, 2.24) is 14.5 Å². The highest BCUT2D eigenvalue weighted by atomic mass is 32.1. The topological polar surface area (TPSA) is 97.1 Å². The summed E-state index contributed by atoms with van der Waals surface area (Å²) in [6, 6.07) is 18.6. The Morgan fingerprint density at radius 3 is 2.47 bits per heavy atom. The summed E-state index contributed by atoms with van der Waals surface area (Å²) >= 11 is 1.54. The van der Waals surface area contributed by atoms with E-state index in [1.807, 2.05) is 48.5 Å². The van der Waals surface area contributed by atoms with Gasteiger partial charge in [-0.05, 0) is 61.4 Å². The van der Waals surface area contributed by atoms with Crippen molar-refractivity contribution in [3.05, 3.63) is 77.3 Å². The summed E-state index contributed by atoms with van der Waals surface area (Å²) in [5.74, 6) is -0.338. The van der Waals surface area contributed by atoms with Gasteiger partial charge in [0.1, 0.15) is 5.82 Å². The first-order valence-electron chi connectivity index (χ1n) is 12.1. The second-order valence-electron chi connectivity index (χ2n) is 9.17. The van der Waals surface area contributed by atoms with Gasteiger partial charge in [-0.3, -0.25) is 4.79 Å². The zero-order valence-electron chi connectivity index (χ0n) is 19.5. The van der Waals surface area contributed by atoms with E-state index in [1.165, 1.54) is 30.6 Å². The highest BCUT2D eigenvalue weighted by Crippen LogP contribution is 2.36. The van der Waals surface area contributed by atoms with Gasteiger partial charge in [0, 0.05) is 22.9 Å². The van der Waals surface area contributed by atoms with E-state index in [2.05, 4.69) is 14.9 Å². The fourth-order valence-electron chi connectivity index (χ4n) is 5.05. The molecule has 0 unspecified atom stereocenters. The molecule has 1 saturated carbocycles. The molecule has 7 nitrogen and oxygen atoms in total. The number of hydrogen-bond acceptors (Lipinski definition) is 5. The number of amides is 1. The molecule has 6 rings (SSSR count). The second kappa shape index (κ2) is 9.20. The van der Waals surface area contributed by atoms with Gasteiger partial charge >= 0.3 is 5.97 Å². The van der Waals surface area contributed by atoms with Gasteiger partial charge in [0.2, 0.25) is 0 Å². The van der Waals surface area contributed by atoms with Crippen LogP contribution in [-0.4, -0.2) is 31.5 Å². The van der Waals surface area contributed by atoms with Crippen molar-refractivity contribution in [1.29, 1.82) is 0 Å². The summed E-state index contributed by atoms with van der Waals surface area (Å²) < 4.78 is 3.29. The van der Waals surface area contributed by atoms with Crippen LogP contribution in [0.3, 0.4) is 0 Å². The molecular formula is C28H24N4O3S. The van der Waals surface area contributed by atoms with Gasteiger partial charge in [0.25, 0.3) is 5.91 Å². The molecule has 0 bridgehead atoms. The summed E-state index contributed by atoms with van der Waals surface area (Å²) in [6.45, 7) is 0. The molecular weight excluding hydrogens is 472 g/mol. The molecule has 0 radical (unpaired) electrons. The highest BCUT2D eigenvalue weighted by molar-refractivity contribution is 7.16. The molecule has 0 spiro atoms. The van der Waals surface area contributed by atoms with Crippen molar-refractivity contribution < 1.29 is 14.7 Å². The molecule has 1 aliphatic rings. The van der Waals surface area contributed by atoms with Crippen molar-refractivity contribution in [2.24, 2.45) is 0 Å². The Balaban J connectivity index is 1.33. The standard InChI is InChI=1S/C28H24N4O3S/c33-27(30-20-11-12-22-25(15-20)36-16-29-22)18-8-6-17(7-9-18)26-31-23-14-19(28(34)35)10-13-24(23)32(26)21-4-2-1-3-5-21/h6-16,21H,1-5H2,(H,30,33)(H,34,35). The van der Waals surface area contributed by atoms with Crippen LogP contribution in [0.2, 0.25) is 0 Å². The van der Waals surface area contributed by atoms with Crippen LogP contribution in [0, 0.1) is 0 Å². The van der Waals surface area contributed by atoms with Crippen LogP contribution >= 0.6 is 11.3 Å². The molecule has 0 saturated heterocycles. The maximum atomic E-state index is 12.9. The fraction of sp³-hybridized carbons (Fsp3) is 0.214. The van der Waals surface area contributed by atoms with E-state index in [0.29, 0.717) is 17.1 Å². The molecule has 2 N–H and O–H groups in total. The highest BCUT2D eigenvalue weighted by Gasteiger charge is 2.23. The van der Waals surface area contributed by atoms with Crippen LogP contribution in [0.4, 0.5) is 5.69 Å². The number of imidazole rings is 1. The smallest absolute Gasteiger partial charge is 0.335 e. The number of carboxylic acids is 1. The number of aromatic carboxylic acids is 1. The van der Waals surface area contributed by atoms with E-state index in [1.54, 1.807) is 17.6 Å². The molecule has 1 amide bonds. The molecule has 3 aromatic carbocycles. The molecule has 180 valence electrons. The maximum absolute atomic E-state index is 12.9. The van der Waals surface area contributed by atoms with Crippen LogP contribution in [-0.2, 0) is 0 Å². The van der Waals surface area contributed by atoms with Crippen molar-refractivity contribution in [2.45, 2.75) is 38.1 Å². The predicted molar refractivity (Wildman–Crippen MR) is 142 cm³/mol. The third-order valence-electron chi connectivity index (χ3n) is 6.87. The number of carbonyl (C=O) groups is 2. The average Bonchev–Trinajstić information content (AvgIpc) is 3.53. The first kappa shape index (κ1) is 22.4. The van der Waals surface area contributed by atoms with E-state index < -0.39 is 5.97 Å². The number of nitrogens with zero attached hydrogens (tertiary/aromatic N) is 3. The zero-order valence-corrected chi connectivity index (χ0v) is 20.3. The molecule has 5 aromatic rings. The van der Waals surface area contributed by atoms with Gasteiger partial charge in [0.15, 0.2) is 0 Å². The Bertz CT molecular complexity index is 1600. The van der Waals surface area contributed by atoms with Gasteiger partial charge < -0.3 is 15.0 Å². The van der Waals surface area contributed by atoms with Gasteiger partial charge in [0.05, 0.1) is 32.3 Å². The summed E-state index contributed by atoms with van der Waals surface area (Å²) in [5.41, 5.74) is 6.74. The van der Waals surface area contributed by atoms with E-state index in [0.717, 1.165) is 45.7 Å². The SMILES string of the molecule is O=C(O)c1ccc2c(c1)nc(-c1ccc(C(=O)Nc3ccc4ncsc4c3)cc1)n2C1CCCCC1. The third kappa shape index (κ3) is 4.13. The number of hydrogen-bond donors (Lipinski definition) is 2. The van der Waals surface area contributed by atoms with Gasteiger partial charge in [-0.2, -0.15) is 0 Å². The number of aromatic nitrogens is 3. The molecule has 36 heavy (non-hydrogen) atoms. The quantitative estimate of drug-likeness (QED) is 0.280. The van der Waals surface area contributed by atoms with E-state index >= 15 is 0 Å². The number of benzene rings is 3. The Kier molecular flexibility index (Phi) is 5.73. The lowest BCUT2D eigenvalue weighted by Crippen LogP contribution is -2.14. The van der Waals surface area contributed by atoms with Crippen LogP contribution in [0.1, 0.15) is 58.9 Å². The second-order valence-corrected chi connectivity index (χ2v) is 10.1. The van der Waals surface area contributed by atoms with Crippen LogP contribution < -0.4 is 5.32 Å². The largest absolute Gasteiger partial charge is 0.478 e. The lowest BCUT2D eigenvalue weighted by atomic mass is 9.94. The van der Waals surface area contributed by atoms with Gasteiger partial charge in [-0.15, -0.1) is 11.3 Å². The Hall–Kier alpha value is -4.04. The number of nitrogens with one attached hydrogen (secondary N) is 1. The molecule has 1 aliphatic carbocycles. The normalized spacial score (nSPS) is 14.3. The third-order valence-corrected chi connectivity index (χ3v) is 7.66. The number of fused-ring (bicyclic) bond motifs is 2. The summed E-state index contributed by atoms with van der Waals surface area (Å²) in [5, 5.41) is 12.4. The summed E-state index contributed by atoms with van der Waals surface area (Å²) in [6.07, 6.45) is 5.72. The predicted octanol–water partition coefficient (Wildman–Crippen LogP) is 6.77. The van der Waals surface area contributed by atoms with Gasteiger partial charge in [-0.25, -0.2) is 14.8 Å². The monoisotopic (exact) mass is 496 g/mol. The minimum Gasteiger partial charge on any atom is -0.478 e. The maximum Gasteiger partial charge on any atom is 0.335 e. The minimum atomic E-state index is -0.962. The van der Waals surface area contributed by atoms with E-state index in [9.17, 15) is 14.7 Å². The minimum absolute atomic E-state index is 0.183. The average molecular weight is 497 g/mol. The molecule has 2 aromatic heterocycles. The number of rotatable bonds is 5. The lowest BCUT2D eigenvalue weighted by Gasteiger charge is -2.25. The van der Waals surface area contributed by atoms with Crippen LogP contribution in [0.25, 0.3) is 32.6 Å². The number of anilines is 1. The van der Waals surface area contributed by atoms with Crippen LogP contribution in [0.15, 0.2) is 66.2 Å². The van der Waals surface area contributed by atoms with Gasteiger partial charge in [-0.1, -0.05) is 31.4 Å². The zero-order chi connectivity index (χ0) is 24.6. The van der Waals surface area contributed by atoms with Crippen LogP contribution in [0.5, 0.6) is 0 Å². The van der Waals surface area contributed by atoms with Crippen molar-refractivity contribution in [3.8, 4) is 11.4 Å². The summed E-state index contributed by atoms with van der Waals surface area (Å²) in [4.78, 5) is 33.5.